The number of ether oxygens (including phenoxy) is 2. The van der Waals surface area contributed by atoms with Crippen molar-refractivity contribution in [2.45, 2.75) is 40.0 Å². The van der Waals surface area contributed by atoms with Gasteiger partial charge in [0.05, 0.1) is 31.9 Å². The highest BCUT2D eigenvalue weighted by molar-refractivity contribution is 6.07. The van der Waals surface area contributed by atoms with E-state index in [0.29, 0.717) is 45.7 Å². The van der Waals surface area contributed by atoms with E-state index < -0.39 is 12.1 Å². The number of carbonyl (C=O) groups is 1. The number of piperazine rings is 1. The van der Waals surface area contributed by atoms with Gasteiger partial charge < -0.3 is 25.4 Å². The van der Waals surface area contributed by atoms with Gasteiger partial charge in [0.2, 0.25) is 11.9 Å². The smallest absolute Gasteiger partial charge is 0.305 e. The van der Waals surface area contributed by atoms with Crippen LogP contribution >= 0.6 is 0 Å². The molecule has 1 aliphatic rings. The summed E-state index contributed by atoms with van der Waals surface area (Å²) in [7, 11) is 1.81. The van der Waals surface area contributed by atoms with Crippen LogP contribution in [0.5, 0.6) is 0 Å². The summed E-state index contributed by atoms with van der Waals surface area (Å²) in [6, 6.07) is 0. The Kier molecular flexibility index (Phi) is 17.3. The number of nitrogens with one attached hydrogen (secondary N) is 1. The van der Waals surface area contributed by atoms with Gasteiger partial charge in [-0.2, -0.15) is 4.99 Å². The number of likely N-dealkylation sites (N-methyl/N-ethyl adjacent to an activating group) is 1. The van der Waals surface area contributed by atoms with Crippen molar-refractivity contribution in [2.24, 2.45) is 15.0 Å². The summed E-state index contributed by atoms with van der Waals surface area (Å²) >= 11 is 0. The SMILES string of the molecule is C=NC(=NC(=NCCOCCNC)c1cnc(N)nc1C(F)F)N1CCN(CCCC(=O)OCC)CC1.CC. The summed E-state index contributed by atoms with van der Waals surface area (Å²) in [4.78, 5) is 36.2. The topological polar surface area (TPSA) is 143 Å². The summed E-state index contributed by atoms with van der Waals surface area (Å²) in [5, 5.41) is 2.97. The number of aliphatic imine (C=N–C) groups is 3. The predicted octanol–water partition coefficient (Wildman–Crippen LogP) is 2.02. The number of nitrogens with zero attached hydrogens (tertiary/aromatic N) is 7. The number of hydrogen-bond donors (Lipinski definition) is 2. The maximum Gasteiger partial charge on any atom is 0.305 e. The number of amidine groups is 1. The molecule has 12 nitrogen and oxygen atoms in total. The molecule has 1 fully saturated rings. The Balaban J connectivity index is 0.00000371. The van der Waals surface area contributed by atoms with Crippen LogP contribution in [0.2, 0.25) is 0 Å². The van der Waals surface area contributed by atoms with Crippen molar-refractivity contribution in [1.29, 1.82) is 0 Å². The van der Waals surface area contributed by atoms with Gasteiger partial charge in [0.15, 0.2) is 5.84 Å². The van der Waals surface area contributed by atoms with E-state index in [4.69, 9.17) is 15.2 Å². The van der Waals surface area contributed by atoms with Crippen LogP contribution in [0.1, 0.15) is 51.3 Å². The Morgan fingerprint density at radius 1 is 1.26 bits per heavy atom. The zero-order valence-corrected chi connectivity index (χ0v) is 23.5. The van der Waals surface area contributed by atoms with Crippen molar-refractivity contribution in [2.75, 3.05) is 78.4 Å². The first-order valence-electron chi connectivity index (χ1n) is 13.3. The van der Waals surface area contributed by atoms with Crippen LogP contribution in [0.3, 0.4) is 0 Å². The maximum absolute atomic E-state index is 13.7. The number of nitrogen functional groups attached to an aromatic ring is 1. The van der Waals surface area contributed by atoms with E-state index in [-0.39, 0.29) is 42.4 Å². The maximum atomic E-state index is 13.7. The highest BCUT2D eigenvalue weighted by atomic mass is 19.3. The molecule has 0 bridgehead atoms. The number of anilines is 1. The van der Waals surface area contributed by atoms with Gasteiger partial charge >= 0.3 is 5.97 Å². The van der Waals surface area contributed by atoms with Gasteiger partial charge in [0.25, 0.3) is 6.43 Å². The zero-order valence-electron chi connectivity index (χ0n) is 23.5. The van der Waals surface area contributed by atoms with Crippen molar-refractivity contribution in [3.05, 3.63) is 17.5 Å². The zero-order chi connectivity index (χ0) is 29.0. The first kappa shape index (κ1) is 33.9. The Labute approximate surface area is 229 Å². The normalized spacial score (nSPS) is 14.7. The molecule has 0 aliphatic carbocycles. The molecule has 1 saturated heterocycles. The van der Waals surface area contributed by atoms with Gasteiger partial charge in [-0.1, -0.05) is 13.8 Å². The number of alkyl halides is 2. The highest BCUT2D eigenvalue weighted by Gasteiger charge is 2.23. The fourth-order valence-corrected chi connectivity index (χ4v) is 3.57. The van der Waals surface area contributed by atoms with Gasteiger partial charge in [0.1, 0.15) is 5.69 Å². The Hall–Kier alpha value is -3.10. The predicted molar refractivity (Wildman–Crippen MR) is 150 cm³/mol. The van der Waals surface area contributed by atoms with Crippen LogP contribution in [-0.2, 0) is 14.3 Å². The van der Waals surface area contributed by atoms with Crippen molar-refractivity contribution >= 4 is 30.4 Å². The second-order valence-electron chi connectivity index (χ2n) is 8.06. The van der Waals surface area contributed by atoms with Gasteiger partial charge in [-0.25, -0.2) is 23.7 Å². The molecule has 0 atom stereocenters. The van der Waals surface area contributed by atoms with E-state index in [1.54, 1.807) is 6.92 Å². The third-order valence-electron chi connectivity index (χ3n) is 5.44. The molecule has 14 heteroatoms. The van der Waals surface area contributed by atoms with E-state index in [9.17, 15) is 13.6 Å². The average Bonchev–Trinajstić information content (AvgIpc) is 2.94. The number of esters is 1. The van der Waals surface area contributed by atoms with Crippen LogP contribution in [-0.4, -0.2) is 117 Å². The Morgan fingerprint density at radius 2 is 1.97 bits per heavy atom. The largest absolute Gasteiger partial charge is 0.466 e. The van der Waals surface area contributed by atoms with E-state index in [1.165, 1.54) is 6.20 Å². The lowest BCUT2D eigenvalue weighted by Crippen LogP contribution is -2.48. The molecular formula is C25H43F2N9O3. The van der Waals surface area contributed by atoms with Crippen LogP contribution in [0.15, 0.2) is 21.2 Å². The molecule has 2 rings (SSSR count). The number of nitrogens with two attached hydrogens (primary N) is 1. The summed E-state index contributed by atoms with van der Waals surface area (Å²) in [6.45, 7) is 14.8. The summed E-state index contributed by atoms with van der Waals surface area (Å²) in [5.74, 6) is -0.191. The molecular weight excluding hydrogens is 512 g/mol. The van der Waals surface area contributed by atoms with Crippen LogP contribution in [0.4, 0.5) is 14.7 Å². The van der Waals surface area contributed by atoms with Gasteiger partial charge in [0, 0.05) is 45.3 Å². The van der Waals surface area contributed by atoms with E-state index in [2.05, 4.69) is 41.9 Å². The molecule has 1 aliphatic heterocycles. The highest BCUT2D eigenvalue weighted by Crippen LogP contribution is 2.22. The quantitative estimate of drug-likeness (QED) is 0.162. The molecule has 220 valence electrons. The van der Waals surface area contributed by atoms with E-state index in [0.717, 1.165) is 19.6 Å². The second kappa shape index (κ2) is 19.9. The molecule has 0 amide bonds. The summed E-state index contributed by atoms with van der Waals surface area (Å²) in [5.41, 5.74) is 4.95. The molecule has 39 heavy (non-hydrogen) atoms. The molecule has 1 aromatic rings. The van der Waals surface area contributed by atoms with E-state index >= 15 is 0 Å². The first-order valence-corrected chi connectivity index (χ1v) is 13.3. The summed E-state index contributed by atoms with van der Waals surface area (Å²) < 4.78 is 37.9. The lowest BCUT2D eigenvalue weighted by Gasteiger charge is -2.35. The molecule has 3 N–H and O–H groups in total. The number of rotatable bonds is 13. The first-order chi connectivity index (χ1) is 18.9. The van der Waals surface area contributed by atoms with Crippen molar-refractivity contribution < 1.29 is 23.0 Å². The second-order valence-corrected chi connectivity index (χ2v) is 8.06. The Morgan fingerprint density at radius 3 is 2.59 bits per heavy atom. The number of hydrogen-bond acceptors (Lipinski definition) is 9. The minimum Gasteiger partial charge on any atom is -0.466 e. The third-order valence-corrected chi connectivity index (χ3v) is 5.44. The van der Waals surface area contributed by atoms with Crippen molar-refractivity contribution in [1.82, 2.24) is 25.1 Å². The third kappa shape index (κ3) is 12.5. The van der Waals surface area contributed by atoms with E-state index in [1.807, 2.05) is 25.8 Å². The minimum absolute atomic E-state index is 0.00628. The molecule has 0 spiro atoms. The molecule has 1 aromatic heterocycles. The molecule has 0 saturated carbocycles. The summed E-state index contributed by atoms with van der Waals surface area (Å²) in [6.07, 6.45) is -0.620. The number of carbonyl (C=O) groups excluding carboxylic acids is 1. The van der Waals surface area contributed by atoms with Gasteiger partial charge in [-0.3, -0.25) is 14.7 Å². The van der Waals surface area contributed by atoms with Crippen molar-refractivity contribution in [3.8, 4) is 0 Å². The standard InChI is InChI=1S/C23H37F2N9O3.C2H6/c1-4-37-18(35)6-5-9-33-10-12-34(13-11-33)23(28-3)32-21(29-8-15-36-14-7-27-2)17-16-30-22(26)31-19(17)20(24)25;1-2/h16,20,27H,3-15H2,1-2H3,(H2,26,30,31);1-2H3. The molecule has 0 aromatic carbocycles. The number of halogens is 2. The fraction of sp³-hybridized carbons (Fsp3) is 0.680. The Bertz CT molecular complexity index is 924. The van der Waals surface area contributed by atoms with Gasteiger partial charge in [-0.15, -0.1) is 0 Å². The van der Waals surface area contributed by atoms with Crippen molar-refractivity contribution in [3.63, 3.8) is 0 Å². The molecule has 0 radical (unpaired) electrons. The van der Waals surface area contributed by atoms with Crippen LogP contribution in [0, 0.1) is 0 Å². The molecule has 0 unspecified atom stereocenters. The minimum atomic E-state index is -2.90. The number of aromatic nitrogens is 2. The molecule has 2 heterocycles. The average molecular weight is 556 g/mol. The lowest BCUT2D eigenvalue weighted by molar-refractivity contribution is -0.143. The fourth-order valence-electron chi connectivity index (χ4n) is 3.57. The lowest BCUT2D eigenvalue weighted by atomic mass is 10.2. The van der Waals surface area contributed by atoms with Gasteiger partial charge in [-0.05, 0) is 33.7 Å². The monoisotopic (exact) mass is 555 g/mol. The number of guanidine groups is 1. The van der Waals surface area contributed by atoms with Crippen LogP contribution in [0.25, 0.3) is 0 Å². The van der Waals surface area contributed by atoms with Crippen LogP contribution < -0.4 is 11.1 Å².